The Morgan fingerprint density at radius 1 is 0.966 bits per heavy atom. The molecule has 2 aromatic carbocycles. The fraction of sp³-hybridized carbons (Fsp3) is 0.0556. The molecule has 1 aromatic heterocycles. The van der Waals surface area contributed by atoms with Crippen molar-refractivity contribution in [1.29, 1.82) is 0 Å². The molecule has 0 radical (unpaired) electrons. The van der Waals surface area contributed by atoms with E-state index in [9.17, 15) is 22.8 Å². The number of hydrogen-bond acceptors (Lipinski definition) is 3. The Kier molecular flexibility index (Phi) is 6.09. The summed E-state index contributed by atoms with van der Waals surface area (Å²) >= 11 is 11.6. The number of nitrogens with one attached hydrogen (secondary N) is 3. The summed E-state index contributed by atoms with van der Waals surface area (Å²) in [6, 6.07) is 6.64. The molecule has 1 heterocycles. The lowest BCUT2D eigenvalue weighted by Gasteiger charge is -2.07. The molecule has 0 aliphatic carbocycles. The van der Waals surface area contributed by atoms with Gasteiger partial charge in [-0.25, -0.2) is 13.2 Å². The highest BCUT2D eigenvalue weighted by molar-refractivity contribution is 6.34. The summed E-state index contributed by atoms with van der Waals surface area (Å²) in [6.45, 7) is -0.171. The maximum Gasteiger partial charge on any atom is 0.269 e. The van der Waals surface area contributed by atoms with Crippen molar-refractivity contribution in [3.63, 3.8) is 0 Å². The van der Waals surface area contributed by atoms with Gasteiger partial charge in [0.15, 0.2) is 17.5 Å². The van der Waals surface area contributed by atoms with E-state index in [4.69, 9.17) is 23.2 Å². The maximum atomic E-state index is 13.7. The molecule has 3 N–H and O–H groups in total. The number of carbonyl (C=O) groups is 2. The number of amides is 2. The third-order valence-corrected chi connectivity index (χ3v) is 4.47. The number of nitrogens with zero attached hydrogens (tertiary/aromatic N) is 1. The number of rotatable bonds is 5. The summed E-state index contributed by atoms with van der Waals surface area (Å²) < 4.78 is 40.2. The van der Waals surface area contributed by atoms with Crippen molar-refractivity contribution in [3.8, 4) is 0 Å². The van der Waals surface area contributed by atoms with E-state index in [2.05, 4.69) is 20.8 Å². The predicted octanol–water partition coefficient (Wildman–Crippen LogP) is 4.32. The van der Waals surface area contributed by atoms with E-state index < -0.39 is 29.3 Å². The maximum absolute atomic E-state index is 13.7. The second-order valence-electron chi connectivity index (χ2n) is 5.75. The average Bonchev–Trinajstić information content (AvgIpc) is 3.12. The van der Waals surface area contributed by atoms with Gasteiger partial charge in [0, 0.05) is 23.2 Å². The molecule has 0 aliphatic heterocycles. The van der Waals surface area contributed by atoms with Gasteiger partial charge in [0.25, 0.3) is 11.8 Å². The highest BCUT2D eigenvalue weighted by atomic mass is 35.5. The van der Waals surface area contributed by atoms with Crippen molar-refractivity contribution in [1.82, 2.24) is 15.5 Å². The monoisotopic (exact) mass is 442 g/mol. The van der Waals surface area contributed by atoms with Crippen LogP contribution in [0.2, 0.25) is 10.0 Å². The van der Waals surface area contributed by atoms with Gasteiger partial charge in [-0.3, -0.25) is 14.7 Å². The summed E-state index contributed by atoms with van der Waals surface area (Å²) in [5.41, 5.74) is -0.235. The van der Waals surface area contributed by atoms with Crippen LogP contribution in [0.5, 0.6) is 0 Å². The smallest absolute Gasteiger partial charge is 0.269 e. The van der Waals surface area contributed by atoms with Crippen molar-refractivity contribution in [2.75, 3.05) is 5.32 Å². The minimum absolute atomic E-state index is 0.0378. The van der Waals surface area contributed by atoms with Gasteiger partial charge in [0.2, 0.25) is 0 Å². The highest BCUT2D eigenvalue weighted by Gasteiger charge is 2.18. The second kappa shape index (κ2) is 8.54. The number of halogens is 5. The van der Waals surface area contributed by atoms with E-state index in [1.165, 1.54) is 24.3 Å². The van der Waals surface area contributed by atoms with Gasteiger partial charge in [-0.2, -0.15) is 5.10 Å². The van der Waals surface area contributed by atoms with Crippen LogP contribution in [-0.4, -0.2) is 22.0 Å². The van der Waals surface area contributed by atoms with Gasteiger partial charge >= 0.3 is 0 Å². The molecular formula is C18H11Cl2F3N4O2. The molecule has 0 bridgehead atoms. The molecule has 29 heavy (non-hydrogen) atoms. The van der Waals surface area contributed by atoms with Crippen LogP contribution in [0, 0.1) is 17.5 Å². The summed E-state index contributed by atoms with van der Waals surface area (Å²) in [5.74, 6) is -4.56. The quantitative estimate of drug-likeness (QED) is 0.514. The number of anilines is 1. The Labute approximate surface area is 172 Å². The Morgan fingerprint density at radius 3 is 2.41 bits per heavy atom. The number of hydrogen-bond donors (Lipinski definition) is 3. The van der Waals surface area contributed by atoms with E-state index in [1.807, 2.05) is 0 Å². The Balaban J connectivity index is 1.67. The van der Waals surface area contributed by atoms with Crippen molar-refractivity contribution >= 4 is 40.8 Å². The Hall–Kier alpha value is -3.04. The number of aromatic amines is 1. The molecule has 6 nitrogen and oxygen atoms in total. The second-order valence-corrected chi connectivity index (χ2v) is 6.56. The van der Waals surface area contributed by atoms with E-state index in [0.717, 1.165) is 0 Å². The zero-order valence-electron chi connectivity index (χ0n) is 14.3. The minimum Gasteiger partial charge on any atom is -0.346 e. The topological polar surface area (TPSA) is 86.9 Å². The SMILES string of the molecule is O=C(NCc1c(F)cccc1Cl)c1cc(NC(=O)c2cc(F)c(F)cc2Cl)n[nH]1. The molecule has 0 aliphatic rings. The molecule has 0 saturated heterocycles. The molecule has 11 heteroatoms. The van der Waals surface area contributed by atoms with Crippen LogP contribution < -0.4 is 10.6 Å². The summed E-state index contributed by atoms with van der Waals surface area (Å²) in [7, 11) is 0. The van der Waals surface area contributed by atoms with Gasteiger partial charge in [0.1, 0.15) is 11.5 Å². The first-order valence-electron chi connectivity index (χ1n) is 7.98. The van der Waals surface area contributed by atoms with Gasteiger partial charge < -0.3 is 10.6 Å². The van der Waals surface area contributed by atoms with E-state index in [0.29, 0.717) is 12.1 Å². The fourth-order valence-electron chi connectivity index (χ4n) is 2.35. The third-order valence-electron chi connectivity index (χ3n) is 3.81. The highest BCUT2D eigenvalue weighted by Crippen LogP contribution is 2.21. The zero-order chi connectivity index (χ0) is 21.1. The van der Waals surface area contributed by atoms with Crippen LogP contribution in [0.15, 0.2) is 36.4 Å². The molecule has 150 valence electrons. The van der Waals surface area contributed by atoms with Crippen molar-refractivity contribution in [2.45, 2.75) is 6.54 Å². The number of H-pyrrole nitrogens is 1. The number of benzene rings is 2. The van der Waals surface area contributed by atoms with E-state index in [-0.39, 0.29) is 39.2 Å². The average molecular weight is 443 g/mol. The van der Waals surface area contributed by atoms with Gasteiger partial charge in [-0.05, 0) is 24.3 Å². The van der Waals surface area contributed by atoms with Gasteiger partial charge in [0.05, 0.1) is 10.6 Å². The van der Waals surface area contributed by atoms with Crippen LogP contribution >= 0.6 is 23.2 Å². The lowest BCUT2D eigenvalue weighted by atomic mass is 10.2. The predicted molar refractivity (Wildman–Crippen MR) is 100 cm³/mol. The molecule has 3 rings (SSSR count). The molecule has 0 fully saturated rings. The summed E-state index contributed by atoms with van der Waals surface area (Å²) in [5, 5.41) is 10.7. The molecule has 3 aromatic rings. The summed E-state index contributed by atoms with van der Waals surface area (Å²) in [6.07, 6.45) is 0. The van der Waals surface area contributed by atoms with Crippen LogP contribution in [0.1, 0.15) is 26.4 Å². The molecule has 0 unspecified atom stereocenters. The molecule has 0 atom stereocenters. The van der Waals surface area contributed by atoms with E-state index >= 15 is 0 Å². The first kappa shape index (κ1) is 20.7. The first-order valence-corrected chi connectivity index (χ1v) is 8.74. The number of carbonyl (C=O) groups excluding carboxylic acids is 2. The van der Waals surface area contributed by atoms with Crippen LogP contribution in [0.4, 0.5) is 19.0 Å². The zero-order valence-corrected chi connectivity index (χ0v) is 15.8. The third kappa shape index (κ3) is 4.69. The first-order chi connectivity index (χ1) is 13.8. The van der Waals surface area contributed by atoms with Gasteiger partial charge in [-0.1, -0.05) is 29.3 Å². The fourth-order valence-corrected chi connectivity index (χ4v) is 2.81. The standard InChI is InChI=1S/C18H11Cl2F3N4O2/c19-10-2-1-3-12(21)9(10)7-24-18(29)15-6-16(27-26-15)25-17(28)8-4-13(22)14(23)5-11(8)20/h1-6H,7H2,(H,24,29)(H2,25,26,27,28). The number of aromatic nitrogens is 2. The normalized spacial score (nSPS) is 10.7. The van der Waals surface area contributed by atoms with Gasteiger partial charge in [-0.15, -0.1) is 0 Å². The molecular weight excluding hydrogens is 432 g/mol. The van der Waals surface area contributed by atoms with Crippen LogP contribution in [0.3, 0.4) is 0 Å². The van der Waals surface area contributed by atoms with Crippen molar-refractivity contribution in [3.05, 3.63) is 80.7 Å². The summed E-state index contributed by atoms with van der Waals surface area (Å²) in [4.78, 5) is 24.3. The largest absolute Gasteiger partial charge is 0.346 e. The Bertz CT molecular complexity index is 1080. The Morgan fingerprint density at radius 2 is 1.69 bits per heavy atom. The van der Waals surface area contributed by atoms with Crippen LogP contribution in [0.25, 0.3) is 0 Å². The lowest BCUT2D eigenvalue weighted by Crippen LogP contribution is -2.23. The molecule has 0 saturated carbocycles. The minimum atomic E-state index is -1.24. The molecule has 2 amide bonds. The van der Waals surface area contributed by atoms with E-state index in [1.54, 1.807) is 0 Å². The van der Waals surface area contributed by atoms with Crippen molar-refractivity contribution in [2.24, 2.45) is 0 Å². The lowest BCUT2D eigenvalue weighted by molar-refractivity contribution is 0.0944. The van der Waals surface area contributed by atoms with Crippen molar-refractivity contribution < 1.29 is 22.8 Å². The van der Waals surface area contributed by atoms with Crippen LogP contribution in [-0.2, 0) is 6.54 Å². The molecule has 0 spiro atoms.